The van der Waals surface area contributed by atoms with Crippen molar-refractivity contribution < 1.29 is 19.1 Å². The van der Waals surface area contributed by atoms with Gasteiger partial charge in [-0.3, -0.25) is 9.59 Å². The Morgan fingerprint density at radius 3 is 2.35 bits per heavy atom. The summed E-state index contributed by atoms with van der Waals surface area (Å²) < 4.78 is 11.4. The molecular weight excluding hydrogens is 428 g/mol. The minimum atomic E-state index is -0.815. The maximum absolute atomic E-state index is 13.4. The van der Waals surface area contributed by atoms with Crippen LogP contribution < -0.4 is 10.5 Å². The number of hydrogen-bond donors (Lipinski definition) is 1. The van der Waals surface area contributed by atoms with Gasteiger partial charge in [0, 0.05) is 11.1 Å². The quantitative estimate of drug-likeness (QED) is 0.620. The molecule has 1 atom stereocenters. The van der Waals surface area contributed by atoms with Crippen LogP contribution in [0.25, 0.3) is 0 Å². The van der Waals surface area contributed by atoms with E-state index in [2.05, 4.69) is 12.1 Å². The molecule has 0 saturated carbocycles. The molecule has 2 aliphatic rings. The largest absolute Gasteiger partial charge is 0.489 e. The predicted molar refractivity (Wildman–Crippen MR) is 125 cm³/mol. The normalized spacial score (nSPS) is 17.0. The average molecular weight is 448 g/mol. The number of carbonyl (C=O) groups excluding carboxylic acids is 2. The van der Waals surface area contributed by atoms with Crippen LogP contribution in [0.2, 0.25) is 0 Å². The van der Waals surface area contributed by atoms with Gasteiger partial charge in [-0.05, 0) is 30.2 Å². The van der Waals surface area contributed by atoms with Gasteiger partial charge in [0.05, 0.1) is 11.5 Å². The third-order valence-electron chi connectivity index (χ3n) is 5.99. The lowest BCUT2D eigenvalue weighted by molar-refractivity contribution is 0.0897. The first-order valence-corrected chi connectivity index (χ1v) is 10.8. The molecule has 1 aliphatic carbocycles. The van der Waals surface area contributed by atoms with Crippen LogP contribution in [0.15, 0.2) is 95.6 Å². The van der Waals surface area contributed by atoms with Gasteiger partial charge in [0.15, 0.2) is 11.5 Å². The highest BCUT2D eigenvalue weighted by atomic mass is 16.5. The summed E-state index contributed by atoms with van der Waals surface area (Å²) in [5.74, 6) is -1.25. The Bertz CT molecular complexity index is 1440. The van der Waals surface area contributed by atoms with Gasteiger partial charge >= 0.3 is 0 Å². The molecule has 2 N–H and O–H groups in total. The Kier molecular flexibility index (Phi) is 5.23. The average Bonchev–Trinajstić information content (AvgIpc) is 2.86. The van der Waals surface area contributed by atoms with E-state index in [0.717, 1.165) is 11.1 Å². The first kappa shape index (κ1) is 21.2. The third-order valence-corrected chi connectivity index (χ3v) is 5.99. The summed E-state index contributed by atoms with van der Waals surface area (Å²) in [6.07, 6.45) is 0. The van der Waals surface area contributed by atoms with Crippen LogP contribution in [-0.2, 0) is 11.3 Å². The van der Waals surface area contributed by atoms with Gasteiger partial charge in [0.25, 0.3) is 0 Å². The van der Waals surface area contributed by atoms with Crippen molar-refractivity contribution in [1.29, 1.82) is 5.26 Å². The van der Waals surface area contributed by atoms with E-state index < -0.39 is 11.7 Å². The van der Waals surface area contributed by atoms with Gasteiger partial charge < -0.3 is 15.2 Å². The molecule has 0 fully saturated rings. The minimum Gasteiger partial charge on any atom is -0.489 e. The van der Waals surface area contributed by atoms with Gasteiger partial charge in [0.2, 0.25) is 11.7 Å². The Labute approximate surface area is 196 Å². The van der Waals surface area contributed by atoms with Crippen molar-refractivity contribution >= 4 is 11.6 Å². The van der Waals surface area contributed by atoms with Crippen molar-refractivity contribution in [1.82, 2.24) is 0 Å². The van der Waals surface area contributed by atoms with E-state index in [9.17, 15) is 14.9 Å². The fraction of sp³-hybridized carbons (Fsp3) is 0.107. The first-order chi connectivity index (χ1) is 16.5. The molecular formula is C28H20N2O4. The summed E-state index contributed by atoms with van der Waals surface area (Å²) >= 11 is 0. The lowest BCUT2D eigenvalue weighted by Crippen LogP contribution is -2.32. The number of nitrogens with two attached hydrogens (primary N) is 1. The van der Waals surface area contributed by atoms with Crippen LogP contribution in [0, 0.1) is 18.3 Å². The highest BCUT2D eigenvalue weighted by Gasteiger charge is 2.43. The topological polar surface area (TPSA) is 102 Å². The molecule has 6 heteroatoms. The lowest BCUT2D eigenvalue weighted by Gasteiger charge is -2.31. The third kappa shape index (κ3) is 3.54. The zero-order valence-electron chi connectivity index (χ0n) is 18.4. The molecule has 1 heterocycles. The fourth-order valence-corrected chi connectivity index (χ4v) is 4.37. The zero-order chi connectivity index (χ0) is 23.8. The molecule has 166 valence electrons. The number of ketones is 2. The molecule has 5 rings (SSSR count). The first-order valence-electron chi connectivity index (χ1n) is 10.8. The van der Waals surface area contributed by atoms with Gasteiger partial charge in [0.1, 0.15) is 24.0 Å². The van der Waals surface area contributed by atoms with E-state index in [4.69, 9.17) is 15.2 Å². The standard InChI is InChI=1S/C28H20N2O4/c1-16-5-4-6-17(13-16)15-33-19-11-9-18(10-12-19)23-22(14-29)28(30)34-27-24(23)25(31)20-7-2-3-8-21(20)26(27)32/h2-13,23H,15,30H2,1H3. The highest BCUT2D eigenvalue weighted by Crippen LogP contribution is 2.44. The number of aryl methyl sites for hydroxylation is 1. The summed E-state index contributed by atoms with van der Waals surface area (Å²) in [4.78, 5) is 26.5. The smallest absolute Gasteiger partial charge is 0.229 e. The van der Waals surface area contributed by atoms with Gasteiger partial charge in [-0.2, -0.15) is 5.26 Å². The number of nitrogens with zero attached hydrogens (tertiary/aromatic N) is 1. The summed E-state index contributed by atoms with van der Waals surface area (Å²) in [7, 11) is 0. The number of rotatable bonds is 4. The van der Waals surface area contributed by atoms with Crippen molar-refractivity contribution in [3.05, 3.63) is 123 Å². The second-order valence-corrected chi connectivity index (χ2v) is 8.22. The van der Waals surface area contributed by atoms with Gasteiger partial charge in [-0.1, -0.05) is 66.2 Å². The molecule has 0 radical (unpaired) electrons. The molecule has 3 aromatic rings. The number of hydrogen-bond acceptors (Lipinski definition) is 6. The van der Waals surface area contributed by atoms with E-state index in [1.807, 2.05) is 25.1 Å². The molecule has 0 bridgehead atoms. The van der Waals surface area contributed by atoms with E-state index in [1.165, 1.54) is 0 Å². The molecule has 3 aromatic carbocycles. The Morgan fingerprint density at radius 1 is 0.971 bits per heavy atom. The van der Waals surface area contributed by atoms with Gasteiger partial charge in [-0.25, -0.2) is 0 Å². The van der Waals surface area contributed by atoms with Crippen LogP contribution >= 0.6 is 0 Å². The van der Waals surface area contributed by atoms with Crippen LogP contribution in [0.3, 0.4) is 0 Å². The van der Waals surface area contributed by atoms with E-state index in [1.54, 1.807) is 48.5 Å². The highest BCUT2D eigenvalue weighted by molar-refractivity contribution is 6.27. The second kappa shape index (κ2) is 8.38. The lowest BCUT2D eigenvalue weighted by atomic mass is 9.75. The van der Waals surface area contributed by atoms with Crippen molar-refractivity contribution in [2.75, 3.05) is 0 Å². The fourth-order valence-electron chi connectivity index (χ4n) is 4.37. The zero-order valence-corrected chi connectivity index (χ0v) is 18.4. The van der Waals surface area contributed by atoms with Gasteiger partial charge in [-0.15, -0.1) is 0 Å². The molecule has 0 saturated heterocycles. The second-order valence-electron chi connectivity index (χ2n) is 8.22. The molecule has 1 aliphatic heterocycles. The Balaban J connectivity index is 1.50. The van der Waals surface area contributed by atoms with E-state index >= 15 is 0 Å². The maximum atomic E-state index is 13.4. The Morgan fingerprint density at radius 2 is 1.68 bits per heavy atom. The molecule has 0 spiro atoms. The van der Waals surface area contributed by atoms with Crippen LogP contribution in [0.4, 0.5) is 0 Å². The minimum absolute atomic E-state index is 0.0905. The maximum Gasteiger partial charge on any atom is 0.229 e. The number of allylic oxidation sites excluding steroid dienone is 3. The molecule has 34 heavy (non-hydrogen) atoms. The summed E-state index contributed by atoms with van der Waals surface area (Å²) in [6, 6.07) is 23.8. The van der Waals surface area contributed by atoms with E-state index in [-0.39, 0.29) is 39.7 Å². The van der Waals surface area contributed by atoms with Crippen molar-refractivity contribution in [3.63, 3.8) is 0 Å². The number of carbonyl (C=O) groups is 2. The molecule has 6 nitrogen and oxygen atoms in total. The van der Waals surface area contributed by atoms with Crippen molar-refractivity contribution in [3.8, 4) is 11.8 Å². The number of nitriles is 1. The number of fused-ring (bicyclic) bond motifs is 1. The Hall–Kier alpha value is -4.63. The molecule has 1 unspecified atom stereocenters. The summed E-state index contributed by atoms with van der Waals surface area (Å²) in [5.41, 5.74) is 9.63. The number of Topliss-reactive ketones (excluding diaryl/α,β-unsaturated/α-hetero) is 2. The number of ether oxygens (including phenoxy) is 2. The SMILES string of the molecule is Cc1cccc(COc2ccc(C3C(C#N)=C(N)OC4=C3C(=O)c3ccccc3C4=O)cc2)c1. The van der Waals surface area contributed by atoms with Crippen LogP contribution in [0.1, 0.15) is 43.3 Å². The van der Waals surface area contributed by atoms with Crippen LogP contribution in [0.5, 0.6) is 5.75 Å². The summed E-state index contributed by atoms with van der Waals surface area (Å²) in [6.45, 7) is 2.44. The van der Waals surface area contributed by atoms with Crippen molar-refractivity contribution in [2.24, 2.45) is 5.73 Å². The molecule has 0 amide bonds. The molecule has 0 aromatic heterocycles. The summed E-state index contributed by atoms with van der Waals surface area (Å²) in [5, 5.41) is 9.81. The van der Waals surface area contributed by atoms with Crippen LogP contribution in [-0.4, -0.2) is 11.6 Å². The monoisotopic (exact) mass is 448 g/mol. The number of benzene rings is 3. The van der Waals surface area contributed by atoms with Crippen molar-refractivity contribution in [2.45, 2.75) is 19.4 Å². The van der Waals surface area contributed by atoms with E-state index in [0.29, 0.717) is 17.9 Å². The predicted octanol–water partition coefficient (Wildman–Crippen LogP) is 4.72.